The normalized spacial score (nSPS) is 15.9. The largest absolute Gasteiger partial charge is 0.497 e. The number of methoxy groups -OCH3 is 2. The van der Waals surface area contributed by atoms with E-state index >= 15 is 0 Å². The quantitative estimate of drug-likeness (QED) is 0.708. The van der Waals surface area contributed by atoms with Gasteiger partial charge in [-0.2, -0.15) is 5.10 Å². The van der Waals surface area contributed by atoms with Gasteiger partial charge in [0.1, 0.15) is 18.1 Å². The minimum Gasteiger partial charge on any atom is -0.497 e. The molecule has 2 aromatic heterocycles. The SMILES string of the molecule is COCc1ccc(C(=O)NC2CCCc3c2cnn3-c2ccc(OC)cc2)o1. The van der Waals surface area contributed by atoms with E-state index in [1.807, 2.05) is 35.1 Å². The van der Waals surface area contributed by atoms with Gasteiger partial charge in [-0.1, -0.05) is 0 Å². The summed E-state index contributed by atoms with van der Waals surface area (Å²) in [5, 5.41) is 7.65. The van der Waals surface area contributed by atoms with Crippen molar-refractivity contribution in [2.75, 3.05) is 14.2 Å². The Morgan fingerprint density at radius 1 is 1.25 bits per heavy atom. The van der Waals surface area contributed by atoms with E-state index in [0.717, 1.165) is 42.0 Å². The van der Waals surface area contributed by atoms with Crippen LogP contribution in [0.4, 0.5) is 0 Å². The summed E-state index contributed by atoms with van der Waals surface area (Å²) in [6, 6.07) is 11.1. The molecule has 0 fully saturated rings. The summed E-state index contributed by atoms with van der Waals surface area (Å²) >= 11 is 0. The molecule has 1 aromatic carbocycles. The van der Waals surface area contributed by atoms with Gasteiger partial charge in [0.25, 0.3) is 5.91 Å². The number of aromatic nitrogens is 2. The van der Waals surface area contributed by atoms with Gasteiger partial charge < -0.3 is 19.2 Å². The minimum absolute atomic E-state index is 0.0841. The molecule has 0 aliphatic heterocycles. The minimum atomic E-state index is -0.225. The molecular formula is C21H23N3O4. The second kappa shape index (κ2) is 7.90. The molecular weight excluding hydrogens is 358 g/mol. The van der Waals surface area contributed by atoms with Gasteiger partial charge in [-0.25, -0.2) is 4.68 Å². The number of hydrogen-bond acceptors (Lipinski definition) is 5. The lowest BCUT2D eigenvalue weighted by Crippen LogP contribution is -2.30. The fourth-order valence-corrected chi connectivity index (χ4v) is 3.60. The van der Waals surface area contributed by atoms with Crippen molar-refractivity contribution in [2.45, 2.75) is 31.9 Å². The molecule has 0 saturated heterocycles. The van der Waals surface area contributed by atoms with Gasteiger partial charge >= 0.3 is 0 Å². The predicted molar refractivity (Wildman–Crippen MR) is 103 cm³/mol. The molecule has 1 unspecified atom stereocenters. The second-order valence-electron chi connectivity index (χ2n) is 6.77. The number of fused-ring (bicyclic) bond motifs is 1. The van der Waals surface area contributed by atoms with Crippen LogP contribution in [0, 0.1) is 0 Å². The predicted octanol–water partition coefficient (Wildman–Crippen LogP) is 3.43. The number of nitrogens with zero attached hydrogens (tertiary/aromatic N) is 2. The first kappa shape index (κ1) is 18.3. The average molecular weight is 381 g/mol. The summed E-state index contributed by atoms with van der Waals surface area (Å²) in [7, 11) is 3.24. The first-order chi connectivity index (χ1) is 13.7. The number of carbonyl (C=O) groups excluding carboxylic acids is 1. The summed E-state index contributed by atoms with van der Waals surface area (Å²) in [4.78, 5) is 12.6. The van der Waals surface area contributed by atoms with E-state index in [0.29, 0.717) is 18.1 Å². The van der Waals surface area contributed by atoms with E-state index in [9.17, 15) is 4.79 Å². The highest BCUT2D eigenvalue weighted by molar-refractivity contribution is 5.91. The van der Waals surface area contributed by atoms with Gasteiger partial charge in [0, 0.05) is 18.4 Å². The summed E-state index contributed by atoms with van der Waals surface area (Å²) in [6.07, 6.45) is 4.63. The maximum Gasteiger partial charge on any atom is 0.287 e. The van der Waals surface area contributed by atoms with Crippen molar-refractivity contribution >= 4 is 5.91 Å². The maximum atomic E-state index is 12.6. The Morgan fingerprint density at radius 2 is 2.07 bits per heavy atom. The molecule has 0 spiro atoms. The molecule has 3 aromatic rings. The molecule has 7 heteroatoms. The molecule has 4 rings (SSSR count). The van der Waals surface area contributed by atoms with Gasteiger partial charge in [-0.15, -0.1) is 0 Å². The van der Waals surface area contributed by atoms with Crippen LogP contribution in [0.5, 0.6) is 5.75 Å². The molecule has 2 heterocycles. The second-order valence-corrected chi connectivity index (χ2v) is 6.77. The summed E-state index contributed by atoms with van der Waals surface area (Å²) in [6.45, 7) is 0.343. The standard InChI is InChI=1S/C21H23N3O4/c1-26-13-16-10-11-20(28-16)21(25)23-18-4-3-5-19-17(18)12-22-24(19)14-6-8-15(27-2)9-7-14/h6-12,18H,3-5,13H2,1-2H3,(H,23,25). The fraction of sp³-hybridized carbons (Fsp3) is 0.333. The Labute approximate surface area is 163 Å². The van der Waals surface area contributed by atoms with Gasteiger partial charge in [-0.3, -0.25) is 4.79 Å². The third kappa shape index (κ3) is 3.53. The number of amides is 1. The van der Waals surface area contributed by atoms with E-state index in [-0.39, 0.29) is 11.9 Å². The molecule has 146 valence electrons. The Morgan fingerprint density at radius 3 is 2.82 bits per heavy atom. The molecule has 1 N–H and O–H groups in total. The van der Waals surface area contributed by atoms with Crippen LogP contribution in [0.2, 0.25) is 0 Å². The number of carbonyl (C=O) groups is 1. The average Bonchev–Trinajstić information content (AvgIpc) is 3.36. The summed E-state index contributed by atoms with van der Waals surface area (Å²) in [5.74, 6) is 1.50. The zero-order valence-corrected chi connectivity index (χ0v) is 16.0. The Kier molecular flexibility index (Phi) is 5.16. The number of hydrogen-bond donors (Lipinski definition) is 1. The van der Waals surface area contributed by atoms with Crippen molar-refractivity contribution < 1.29 is 18.7 Å². The van der Waals surface area contributed by atoms with Crippen molar-refractivity contribution in [3.63, 3.8) is 0 Å². The summed E-state index contributed by atoms with van der Waals surface area (Å²) in [5.41, 5.74) is 3.16. The Hall–Kier alpha value is -3.06. The highest BCUT2D eigenvalue weighted by Gasteiger charge is 2.27. The lowest BCUT2D eigenvalue weighted by molar-refractivity contribution is 0.0896. The van der Waals surface area contributed by atoms with Crippen molar-refractivity contribution in [2.24, 2.45) is 0 Å². The zero-order valence-electron chi connectivity index (χ0n) is 16.0. The molecule has 1 atom stereocenters. The molecule has 0 radical (unpaired) electrons. The Bertz CT molecular complexity index is 958. The highest BCUT2D eigenvalue weighted by atomic mass is 16.5. The van der Waals surface area contributed by atoms with Crippen molar-refractivity contribution in [3.8, 4) is 11.4 Å². The van der Waals surface area contributed by atoms with Crippen molar-refractivity contribution in [3.05, 3.63) is 65.4 Å². The first-order valence-corrected chi connectivity index (χ1v) is 9.29. The van der Waals surface area contributed by atoms with Crippen LogP contribution in [0.25, 0.3) is 5.69 Å². The molecule has 0 bridgehead atoms. The van der Waals surface area contributed by atoms with Gasteiger partial charge in [0.05, 0.1) is 25.0 Å². The molecule has 1 aliphatic carbocycles. The van der Waals surface area contributed by atoms with E-state index in [4.69, 9.17) is 13.9 Å². The van der Waals surface area contributed by atoms with Crippen LogP contribution < -0.4 is 10.1 Å². The Balaban J connectivity index is 1.54. The third-order valence-electron chi connectivity index (χ3n) is 4.98. The lowest BCUT2D eigenvalue weighted by atomic mass is 9.92. The number of ether oxygens (including phenoxy) is 2. The number of furan rings is 1. The van der Waals surface area contributed by atoms with Gasteiger partial charge in [-0.05, 0) is 55.7 Å². The highest BCUT2D eigenvalue weighted by Crippen LogP contribution is 2.31. The maximum absolute atomic E-state index is 12.6. The molecule has 7 nitrogen and oxygen atoms in total. The number of benzene rings is 1. The zero-order chi connectivity index (χ0) is 19.5. The van der Waals surface area contributed by atoms with Crippen molar-refractivity contribution in [1.29, 1.82) is 0 Å². The summed E-state index contributed by atoms with van der Waals surface area (Å²) < 4.78 is 17.7. The van der Waals surface area contributed by atoms with Crippen LogP contribution in [-0.2, 0) is 17.8 Å². The third-order valence-corrected chi connectivity index (χ3v) is 4.98. The lowest BCUT2D eigenvalue weighted by Gasteiger charge is -2.24. The van der Waals surface area contributed by atoms with Crippen LogP contribution in [0.15, 0.2) is 47.0 Å². The number of nitrogens with one attached hydrogen (secondary N) is 1. The van der Waals surface area contributed by atoms with E-state index in [1.165, 1.54) is 0 Å². The smallest absolute Gasteiger partial charge is 0.287 e. The molecule has 0 saturated carbocycles. The van der Waals surface area contributed by atoms with E-state index in [2.05, 4.69) is 10.4 Å². The monoisotopic (exact) mass is 381 g/mol. The molecule has 28 heavy (non-hydrogen) atoms. The van der Waals surface area contributed by atoms with Crippen LogP contribution in [-0.4, -0.2) is 29.9 Å². The van der Waals surface area contributed by atoms with Crippen LogP contribution >= 0.6 is 0 Å². The van der Waals surface area contributed by atoms with Gasteiger partial charge in [0.15, 0.2) is 5.76 Å². The topological polar surface area (TPSA) is 78.5 Å². The van der Waals surface area contributed by atoms with E-state index < -0.39 is 0 Å². The van der Waals surface area contributed by atoms with Crippen LogP contribution in [0.1, 0.15) is 46.5 Å². The number of rotatable bonds is 6. The molecule has 1 aliphatic rings. The van der Waals surface area contributed by atoms with Gasteiger partial charge in [0.2, 0.25) is 0 Å². The van der Waals surface area contributed by atoms with Crippen molar-refractivity contribution in [1.82, 2.24) is 15.1 Å². The fourth-order valence-electron chi connectivity index (χ4n) is 3.60. The molecule has 1 amide bonds. The van der Waals surface area contributed by atoms with E-state index in [1.54, 1.807) is 26.4 Å². The first-order valence-electron chi connectivity index (χ1n) is 9.29. The van der Waals surface area contributed by atoms with Crippen LogP contribution in [0.3, 0.4) is 0 Å².